The van der Waals surface area contributed by atoms with Crippen LogP contribution >= 0.6 is 0 Å². The molecule has 106 valence electrons. The molecular formula is C14H14N6O. The van der Waals surface area contributed by atoms with Gasteiger partial charge in [-0.3, -0.25) is 9.89 Å². The SMILES string of the molecule is NCc1cc(C(=O)Nc2ccccc2-c2ncc[nH]2)n[nH]1. The molecule has 3 rings (SSSR count). The Morgan fingerprint density at radius 1 is 1.33 bits per heavy atom. The number of aromatic nitrogens is 4. The van der Waals surface area contributed by atoms with E-state index in [4.69, 9.17) is 5.73 Å². The molecule has 2 heterocycles. The van der Waals surface area contributed by atoms with E-state index in [0.717, 1.165) is 5.56 Å². The molecule has 1 amide bonds. The number of amides is 1. The number of nitrogens with one attached hydrogen (secondary N) is 3. The first-order valence-corrected chi connectivity index (χ1v) is 6.42. The van der Waals surface area contributed by atoms with Crippen molar-refractivity contribution in [3.8, 4) is 11.4 Å². The summed E-state index contributed by atoms with van der Waals surface area (Å²) in [7, 11) is 0. The molecule has 0 aliphatic heterocycles. The molecule has 0 atom stereocenters. The number of benzene rings is 1. The van der Waals surface area contributed by atoms with Crippen molar-refractivity contribution in [1.29, 1.82) is 0 Å². The zero-order valence-corrected chi connectivity index (χ0v) is 11.1. The smallest absolute Gasteiger partial charge is 0.276 e. The first-order chi connectivity index (χ1) is 10.3. The minimum absolute atomic E-state index is 0.296. The van der Waals surface area contributed by atoms with Crippen LogP contribution in [-0.4, -0.2) is 26.1 Å². The quantitative estimate of drug-likeness (QED) is 0.581. The number of carbonyl (C=O) groups is 1. The molecular weight excluding hydrogens is 268 g/mol. The second-order valence-electron chi connectivity index (χ2n) is 4.42. The van der Waals surface area contributed by atoms with Crippen LogP contribution in [0, 0.1) is 0 Å². The summed E-state index contributed by atoms with van der Waals surface area (Å²) in [6.45, 7) is 0.309. The molecule has 0 aliphatic carbocycles. The summed E-state index contributed by atoms with van der Waals surface area (Å²) in [6, 6.07) is 9.05. The molecule has 0 bridgehead atoms. The van der Waals surface area contributed by atoms with Crippen molar-refractivity contribution < 1.29 is 4.79 Å². The molecule has 0 aliphatic rings. The Balaban J connectivity index is 1.86. The van der Waals surface area contributed by atoms with Gasteiger partial charge < -0.3 is 16.0 Å². The van der Waals surface area contributed by atoms with Crippen LogP contribution in [-0.2, 0) is 6.54 Å². The van der Waals surface area contributed by atoms with Crippen molar-refractivity contribution in [2.24, 2.45) is 5.73 Å². The number of nitrogens with zero attached hydrogens (tertiary/aromatic N) is 2. The summed E-state index contributed by atoms with van der Waals surface area (Å²) in [6.07, 6.45) is 3.39. The first kappa shape index (κ1) is 13.1. The average Bonchev–Trinajstić information content (AvgIpc) is 3.19. The van der Waals surface area contributed by atoms with Crippen molar-refractivity contribution in [3.63, 3.8) is 0 Å². The van der Waals surface area contributed by atoms with E-state index in [0.29, 0.717) is 29.4 Å². The molecule has 7 heteroatoms. The van der Waals surface area contributed by atoms with Crippen LogP contribution in [0.2, 0.25) is 0 Å². The highest BCUT2D eigenvalue weighted by atomic mass is 16.1. The molecule has 0 spiro atoms. The van der Waals surface area contributed by atoms with E-state index in [1.165, 1.54) is 0 Å². The van der Waals surface area contributed by atoms with Crippen LogP contribution in [0.1, 0.15) is 16.2 Å². The highest BCUT2D eigenvalue weighted by Crippen LogP contribution is 2.24. The van der Waals surface area contributed by atoms with E-state index in [1.807, 2.05) is 24.3 Å². The second-order valence-corrected chi connectivity index (χ2v) is 4.42. The predicted molar refractivity (Wildman–Crippen MR) is 78.5 cm³/mol. The fraction of sp³-hybridized carbons (Fsp3) is 0.0714. The third-order valence-corrected chi connectivity index (χ3v) is 3.01. The summed E-state index contributed by atoms with van der Waals surface area (Å²) in [5.41, 5.74) is 7.97. The molecule has 0 radical (unpaired) electrons. The third kappa shape index (κ3) is 2.67. The molecule has 2 aromatic heterocycles. The highest BCUT2D eigenvalue weighted by molar-refractivity contribution is 6.04. The van der Waals surface area contributed by atoms with Crippen LogP contribution in [0.5, 0.6) is 0 Å². The Morgan fingerprint density at radius 3 is 2.90 bits per heavy atom. The molecule has 7 nitrogen and oxygen atoms in total. The molecule has 3 aromatic rings. The summed E-state index contributed by atoms with van der Waals surface area (Å²) >= 11 is 0. The Kier molecular flexibility index (Phi) is 3.48. The van der Waals surface area contributed by atoms with E-state index in [2.05, 4.69) is 25.5 Å². The monoisotopic (exact) mass is 282 g/mol. The lowest BCUT2D eigenvalue weighted by molar-refractivity contribution is 0.102. The number of imidazole rings is 1. The molecule has 1 aromatic carbocycles. The maximum Gasteiger partial charge on any atom is 0.276 e. The van der Waals surface area contributed by atoms with Gasteiger partial charge in [-0.2, -0.15) is 5.10 Å². The number of hydrogen-bond donors (Lipinski definition) is 4. The minimum Gasteiger partial charge on any atom is -0.345 e. The molecule has 0 saturated carbocycles. The zero-order chi connectivity index (χ0) is 14.7. The van der Waals surface area contributed by atoms with Gasteiger partial charge >= 0.3 is 0 Å². The van der Waals surface area contributed by atoms with Gasteiger partial charge in [-0.15, -0.1) is 0 Å². The first-order valence-electron chi connectivity index (χ1n) is 6.42. The number of hydrogen-bond acceptors (Lipinski definition) is 4. The number of aromatic amines is 2. The summed E-state index contributed by atoms with van der Waals surface area (Å²) in [4.78, 5) is 19.4. The molecule has 0 fully saturated rings. The fourth-order valence-corrected chi connectivity index (χ4v) is 1.98. The number of rotatable bonds is 4. The van der Waals surface area contributed by atoms with Gasteiger partial charge in [-0.25, -0.2) is 4.98 Å². The largest absolute Gasteiger partial charge is 0.345 e. The zero-order valence-electron chi connectivity index (χ0n) is 11.1. The Labute approximate surface area is 120 Å². The number of para-hydroxylation sites is 1. The van der Waals surface area contributed by atoms with Gasteiger partial charge in [-0.05, 0) is 18.2 Å². The third-order valence-electron chi connectivity index (χ3n) is 3.01. The fourth-order valence-electron chi connectivity index (χ4n) is 1.98. The number of carbonyl (C=O) groups excluding carboxylic acids is 1. The van der Waals surface area contributed by atoms with Crippen molar-refractivity contribution in [3.05, 3.63) is 54.1 Å². The number of nitrogens with two attached hydrogens (primary N) is 1. The maximum atomic E-state index is 12.2. The number of H-pyrrole nitrogens is 2. The van der Waals surface area contributed by atoms with Crippen molar-refractivity contribution in [2.45, 2.75) is 6.54 Å². The van der Waals surface area contributed by atoms with Crippen LogP contribution in [0.3, 0.4) is 0 Å². The lowest BCUT2D eigenvalue weighted by Crippen LogP contribution is -2.13. The Morgan fingerprint density at radius 2 is 2.19 bits per heavy atom. The van der Waals surface area contributed by atoms with E-state index >= 15 is 0 Å². The van der Waals surface area contributed by atoms with Gasteiger partial charge in [0.15, 0.2) is 5.69 Å². The van der Waals surface area contributed by atoms with Crippen LogP contribution < -0.4 is 11.1 Å². The van der Waals surface area contributed by atoms with Gasteiger partial charge in [0.25, 0.3) is 5.91 Å². The van der Waals surface area contributed by atoms with E-state index in [9.17, 15) is 4.79 Å². The standard InChI is InChI=1S/C14H14N6O/c15-8-9-7-12(20-19-9)14(21)18-11-4-2-1-3-10(11)13-16-5-6-17-13/h1-7H,8,15H2,(H,16,17)(H,18,21)(H,19,20). The number of anilines is 1. The Bertz CT molecular complexity index is 746. The molecule has 0 saturated heterocycles. The molecule has 21 heavy (non-hydrogen) atoms. The van der Waals surface area contributed by atoms with Crippen LogP contribution in [0.4, 0.5) is 5.69 Å². The second kappa shape index (κ2) is 5.59. The van der Waals surface area contributed by atoms with Gasteiger partial charge in [0.2, 0.25) is 0 Å². The highest BCUT2D eigenvalue weighted by Gasteiger charge is 2.13. The molecule has 5 N–H and O–H groups in total. The van der Waals surface area contributed by atoms with Crippen LogP contribution in [0.15, 0.2) is 42.7 Å². The lowest BCUT2D eigenvalue weighted by Gasteiger charge is -2.08. The normalized spacial score (nSPS) is 10.5. The summed E-state index contributed by atoms with van der Waals surface area (Å²) < 4.78 is 0. The van der Waals surface area contributed by atoms with Crippen LogP contribution in [0.25, 0.3) is 11.4 Å². The van der Waals surface area contributed by atoms with Crippen molar-refractivity contribution in [1.82, 2.24) is 20.2 Å². The predicted octanol–water partition coefficient (Wildman–Crippen LogP) is 1.51. The lowest BCUT2D eigenvalue weighted by atomic mass is 10.1. The maximum absolute atomic E-state index is 12.2. The average molecular weight is 282 g/mol. The van der Waals surface area contributed by atoms with Gasteiger partial charge in [-0.1, -0.05) is 12.1 Å². The van der Waals surface area contributed by atoms with E-state index < -0.39 is 0 Å². The van der Waals surface area contributed by atoms with E-state index in [1.54, 1.807) is 18.5 Å². The topological polar surface area (TPSA) is 112 Å². The van der Waals surface area contributed by atoms with Gasteiger partial charge in [0.05, 0.1) is 5.69 Å². The van der Waals surface area contributed by atoms with Crippen molar-refractivity contribution >= 4 is 11.6 Å². The molecule has 0 unspecified atom stereocenters. The Hall–Kier alpha value is -2.93. The van der Waals surface area contributed by atoms with Gasteiger partial charge in [0, 0.05) is 30.2 Å². The summed E-state index contributed by atoms with van der Waals surface area (Å²) in [5.74, 6) is 0.389. The van der Waals surface area contributed by atoms with E-state index in [-0.39, 0.29) is 5.91 Å². The summed E-state index contributed by atoms with van der Waals surface area (Å²) in [5, 5.41) is 9.48. The minimum atomic E-state index is -0.301. The van der Waals surface area contributed by atoms with Gasteiger partial charge in [0.1, 0.15) is 5.82 Å². The van der Waals surface area contributed by atoms with Crippen molar-refractivity contribution in [2.75, 3.05) is 5.32 Å².